The average molecular weight is 375 g/mol. The molecule has 1 aromatic rings. The summed E-state index contributed by atoms with van der Waals surface area (Å²) in [6, 6.07) is 7.24. The van der Waals surface area contributed by atoms with Crippen LogP contribution in [0.1, 0.15) is 19.3 Å². The smallest absolute Gasteiger partial charge is 0.411 e. The van der Waals surface area contributed by atoms with Crippen LogP contribution in [0, 0.1) is 5.92 Å². The molecule has 2 aliphatic heterocycles. The summed E-state index contributed by atoms with van der Waals surface area (Å²) in [5.74, 6) is -0.808. The lowest BCUT2D eigenvalue weighted by Gasteiger charge is -2.40. The first-order valence-corrected chi connectivity index (χ1v) is 8.89. The van der Waals surface area contributed by atoms with Crippen LogP contribution in [-0.4, -0.2) is 54.5 Å². The Morgan fingerprint density at radius 1 is 1.38 bits per heavy atom. The van der Waals surface area contributed by atoms with Crippen molar-refractivity contribution in [3.63, 3.8) is 0 Å². The summed E-state index contributed by atoms with van der Waals surface area (Å²) in [7, 11) is 3.37. The third kappa shape index (κ3) is 3.77. The molecule has 2 saturated heterocycles. The van der Waals surface area contributed by atoms with Crippen molar-refractivity contribution in [2.24, 2.45) is 10.9 Å². The second-order valence-corrected chi connectivity index (χ2v) is 6.75. The Labute approximate surface area is 157 Å². The van der Waals surface area contributed by atoms with E-state index in [9.17, 15) is 9.59 Å². The number of amides is 1. The maximum atomic E-state index is 12.4. The van der Waals surface area contributed by atoms with Gasteiger partial charge in [-0.05, 0) is 50.3 Å². The summed E-state index contributed by atoms with van der Waals surface area (Å²) in [6.45, 7) is 0. The van der Waals surface area contributed by atoms with E-state index in [4.69, 9.17) is 9.47 Å². The van der Waals surface area contributed by atoms with Crippen LogP contribution in [-0.2, 0) is 14.3 Å². The lowest BCUT2D eigenvalue weighted by atomic mass is 9.87. The summed E-state index contributed by atoms with van der Waals surface area (Å²) in [5, 5.41) is 4.96. The van der Waals surface area contributed by atoms with E-state index in [1.165, 1.54) is 7.11 Å². The maximum absolute atomic E-state index is 12.4. The molecular weight excluding hydrogens is 354 g/mol. The third-order valence-electron chi connectivity index (χ3n) is 5.21. The number of hydrogen-bond acceptors (Lipinski definition) is 7. The quantitative estimate of drug-likeness (QED) is 0.495. The Hall–Kier alpha value is -2.28. The van der Waals surface area contributed by atoms with Crippen LogP contribution in [0.3, 0.4) is 0 Å². The van der Waals surface area contributed by atoms with E-state index < -0.39 is 18.1 Å². The maximum Gasteiger partial charge on any atom is 0.411 e. The van der Waals surface area contributed by atoms with E-state index in [-0.39, 0.29) is 12.0 Å². The Kier molecular flexibility index (Phi) is 5.66. The molecule has 138 valence electrons. The number of thiocarbonyl (C=S) groups is 1. The van der Waals surface area contributed by atoms with Crippen molar-refractivity contribution < 1.29 is 19.1 Å². The number of aliphatic imine (C=N–C) groups is 1. The van der Waals surface area contributed by atoms with Gasteiger partial charge in [-0.25, -0.2) is 4.79 Å². The molecule has 2 bridgehead atoms. The van der Waals surface area contributed by atoms with Crippen LogP contribution >= 0.6 is 12.2 Å². The Balaban J connectivity index is 1.70. The highest BCUT2D eigenvalue weighted by Gasteiger charge is 2.50. The van der Waals surface area contributed by atoms with Gasteiger partial charge in [0.25, 0.3) is 0 Å². The summed E-state index contributed by atoms with van der Waals surface area (Å²) < 4.78 is 10.6. The third-order valence-corrected chi connectivity index (χ3v) is 5.30. The summed E-state index contributed by atoms with van der Waals surface area (Å²) >= 11 is 4.58. The Morgan fingerprint density at radius 2 is 2.19 bits per heavy atom. The molecule has 3 rings (SSSR count). The highest BCUT2D eigenvalue weighted by molar-refractivity contribution is 7.78. The van der Waals surface area contributed by atoms with Crippen molar-refractivity contribution in [1.29, 1.82) is 0 Å². The van der Waals surface area contributed by atoms with Crippen LogP contribution in [0.5, 0.6) is 0 Å². The fourth-order valence-corrected chi connectivity index (χ4v) is 4.08. The zero-order chi connectivity index (χ0) is 18.7. The first-order valence-electron chi connectivity index (χ1n) is 8.49. The van der Waals surface area contributed by atoms with Crippen molar-refractivity contribution in [3.8, 4) is 0 Å². The summed E-state index contributed by atoms with van der Waals surface area (Å²) in [6.07, 6.45) is 1.41. The molecular formula is C18H21N3O4S. The van der Waals surface area contributed by atoms with Crippen molar-refractivity contribution >= 4 is 40.8 Å². The van der Waals surface area contributed by atoms with Gasteiger partial charge in [0.05, 0.1) is 18.0 Å². The Morgan fingerprint density at radius 3 is 2.92 bits per heavy atom. The molecule has 3 unspecified atom stereocenters. The predicted octanol–water partition coefficient (Wildman–Crippen LogP) is 2.99. The zero-order valence-corrected chi connectivity index (χ0v) is 15.5. The number of benzene rings is 1. The van der Waals surface area contributed by atoms with Crippen LogP contribution < -0.4 is 5.32 Å². The molecule has 1 N–H and O–H groups in total. The molecule has 0 spiro atoms. The fourth-order valence-electron chi connectivity index (χ4n) is 3.98. The van der Waals surface area contributed by atoms with Crippen molar-refractivity contribution in [1.82, 2.24) is 4.90 Å². The number of fused-ring (bicyclic) bond motifs is 2. The van der Waals surface area contributed by atoms with Gasteiger partial charge in [-0.2, -0.15) is 4.99 Å². The lowest BCUT2D eigenvalue weighted by Crippen LogP contribution is -2.53. The van der Waals surface area contributed by atoms with E-state index in [1.54, 1.807) is 24.3 Å². The molecule has 0 aromatic heterocycles. The van der Waals surface area contributed by atoms with E-state index in [2.05, 4.69) is 32.6 Å². The Bertz CT molecular complexity index is 750. The van der Waals surface area contributed by atoms with Crippen LogP contribution in [0.4, 0.5) is 16.2 Å². The number of anilines is 1. The number of esters is 1. The van der Waals surface area contributed by atoms with E-state index >= 15 is 0 Å². The van der Waals surface area contributed by atoms with Crippen molar-refractivity contribution in [2.45, 2.75) is 37.5 Å². The highest BCUT2D eigenvalue weighted by atomic mass is 32.1. The lowest BCUT2D eigenvalue weighted by molar-refractivity contribution is -0.155. The van der Waals surface area contributed by atoms with Gasteiger partial charge >= 0.3 is 12.1 Å². The van der Waals surface area contributed by atoms with Gasteiger partial charge in [0, 0.05) is 24.2 Å². The molecule has 4 atom stereocenters. The number of carbonyl (C=O) groups excluding carboxylic acids is 2. The highest BCUT2D eigenvalue weighted by Crippen LogP contribution is 2.40. The first kappa shape index (κ1) is 18.5. The topological polar surface area (TPSA) is 80.2 Å². The van der Waals surface area contributed by atoms with Crippen molar-refractivity contribution in [2.75, 3.05) is 19.5 Å². The van der Waals surface area contributed by atoms with Crippen LogP contribution in [0.25, 0.3) is 0 Å². The molecule has 7 nitrogen and oxygen atoms in total. The number of ether oxygens (including phenoxy) is 2. The van der Waals surface area contributed by atoms with Gasteiger partial charge in [-0.15, -0.1) is 0 Å². The molecule has 2 heterocycles. The number of nitrogens with zero attached hydrogens (tertiary/aromatic N) is 2. The molecule has 8 heteroatoms. The van der Waals surface area contributed by atoms with Gasteiger partial charge in [0.15, 0.2) is 0 Å². The van der Waals surface area contributed by atoms with E-state index in [0.717, 1.165) is 12.8 Å². The minimum atomic E-state index is -0.601. The normalized spacial score (nSPS) is 27.3. The SMILES string of the molecule is COC(=O)C1C(OC(=O)Nc2cccc(N=C=S)c2)C[C@H]2CCC1N2C. The van der Waals surface area contributed by atoms with Gasteiger partial charge in [0.1, 0.15) is 12.0 Å². The molecule has 0 radical (unpaired) electrons. The standard InChI is InChI=1S/C18H21N3O4S/c1-21-13-6-7-14(21)16(17(22)24-2)15(9-13)25-18(23)20-12-5-3-4-11(8-12)19-10-26/h3-5,8,13-16H,6-7,9H2,1-2H3,(H,20,23)/t13-,14?,15?,16?/m1/s1. The molecule has 0 saturated carbocycles. The van der Waals surface area contributed by atoms with E-state index in [0.29, 0.717) is 23.8 Å². The monoisotopic (exact) mass is 375 g/mol. The number of nitrogens with one attached hydrogen (secondary N) is 1. The minimum Gasteiger partial charge on any atom is -0.469 e. The summed E-state index contributed by atoms with van der Waals surface area (Å²) in [4.78, 5) is 30.7. The number of hydrogen-bond donors (Lipinski definition) is 1. The number of carbonyl (C=O) groups is 2. The molecule has 26 heavy (non-hydrogen) atoms. The molecule has 2 aliphatic rings. The predicted molar refractivity (Wildman–Crippen MR) is 99.7 cm³/mol. The van der Waals surface area contributed by atoms with Crippen molar-refractivity contribution in [3.05, 3.63) is 24.3 Å². The minimum absolute atomic E-state index is 0.0410. The number of rotatable bonds is 4. The van der Waals surface area contributed by atoms with Crippen LogP contribution in [0.2, 0.25) is 0 Å². The van der Waals surface area contributed by atoms with Gasteiger partial charge < -0.3 is 9.47 Å². The number of methoxy groups -OCH3 is 1. The summed E-state index contributed by atoms with van der Waals surface area (Å²) in [5.41, 5.74) is 1.12. The fraction of sp³-hybridized carbons (Fsp3) is 0.500. The zero-order valence-electron chi connectivity index (χ0n) is 14.7. The second kappa shape index (κ2) is 7.95. The molecule has 1 aromatic carbocycles. The van der Waals surface area contributed by atoms with Gasteiger partial charge in [-0.1, -0.05) is 6.07 Å². The second-order valence-electron chi connectivity index (χ2n) is 6.57. The molecule has 2 fully saturated rings. The van der Waals surface area contributed by atoms with Crippen LogP contribution in [0.15, 0.2) is 29.3 Å². The molecule has 1 amide bonds. The van der Waals surface area contributed by atoms with Gasteiger partial charge in [-0.3, -0.25) is 15.0 Å². The molecule has 0 aliphatic carbocycles. The number of piperidine rings is 1. The van der Waals surface area contributed by atoms with E-state index in [1.807, 2.05) is 7.05 Å². The largest absolute Gasteiger partial charge is 0.469 e. The average Bonchev–Trinajstić information content (AvgIpc) is 2.85. The first-order chi connectivity index (χ1) is 12.5. The van der Waals surface area contributed by atoms with Gasteiger partial charge in [0.2, 0.25) is 0 Å². The number of isothiocyanates is 1.